The van der Waals surface area contributed by atoms with E-state index in [9.17, 15) is 14.4 Å². The van der Waals surface area contributed by atoms with Crippen molar-refractivity contribution < 1.29 is 14.3 Å². The molecule has 0 N–H and O–H groups in total. The molecular weight excluding hydrogens is 368 g/mol. The lowest BCUT2D eigenvalue weighted by Crippen LogP contribution is -2.39. The summed E-state index contributed by atoms with van der Waals surface area (Å²) in [6, 6.07) is 13.6. The van der Waals surface area contributed by atoms with Gasteiger partial charge in [-0.15, -0.1) is 0 Å². The van der Waals surface area contributed by atoms with Crippen LogP contribution in [-0.4, -0.2) is 29.4 Å². The van der Waals surface area contributed by atoms with E-state index in [1.807, 2.05) is 31.2 Å². The molecule has 0 fully saturated rings. The van der Waals surface area contributed by atoms with Gasteiger partial charge in [0.15, 0.2) is 12.4 Å². The average molecular weight is 390 g/mol. The highest BCUT2D eigenvalue weighted by molar-refractivity contribution is 6.03. The Bertz CT molecular complexity index is 1160. The second-order valence-corrected chi connectivity index (χ2v) is 7.17. The van der Waals surface area contributed by atoms with E-state index in [-0.39, 0.29) is 23.9 Å². The molecule has 0 spiro atoms. The Balaban J connectivity index is 1.71. The Morgan fingerprint density at radius 3 is 2.72 bits per heavy atom. The number of anilines is 1. The predicted octanol–water partition coefficient (Wildman–Crippen LogP) is 3.58. The molecule has 148 valence electrons. The van der Waals surface area contributed by atoms with Gasteiger partial charge >= 0.3 is 0 Å². The number of rotatable bonds is 5. The summed E-state index contributed by atoms with van der Waals surface area (Å²) in [5, 5.41) is 1.42. The fourth-order valence-electron chi connectivity index (χ4n) is 3.70. The molecule has 6 nitrogen and oxygen atoms in total. The molecule has 1 aromatic heterocycles. The number of pyridine rings is 1. The standard InChI is InChI=1S/C23H22N2O4/c1-3-11-25-19-13-17(8-9-20(19)29-14-21(25)26)22(27)15(2)24-12-10-16-6-4-5-7-18(16)23(24)28/h4-10,12-13,15H,3,11,14H2,1-2H3. The number of benzene rings is 2. The van der Waals surface area contributed by atoms with Crippen molar-refractivity contribution in [3.63, 3.8) is 0 Å². The molecule has 0 aliphatic carbocycles. The normalized spacial score (nSPS) is 14.4. The van der Waals surface area contributed by atoms with Crippen molar-refractivity contribution >= 4 is 28.2 Å². The topological polar surface area (TPSA) is 68.6 Å². The predicted molar refractivity (Wildman–Crippen MR) is 112 cm³/mol. The highest BCUT2D eigenvalue weighted by Crippen LogP contribution is 2.34. The van der Waals surface area contributed by atoms with E-state index in [4.69, 9.17) is 4.74 Å². The third kappa shape index (κ3) is 3.31. The average Bonchev–Trinajstić information content (AvgIpc) is 2.75. The van der Waals surface area contributed by atoms with Crippen LogP contribution in [0.5, 0.6) is 5.75 Å². The first kappa shape index (κ1) is 18.9. The van der Waals surface area contributed by atoms with Crippen molar-refractivity contribution in [2.45, 2.75) is 26.3 Å². The van der Waals surface area contributed by atoms with Crippen LogP contribution in [0, 0.1) is 0 Å². The first-order chi connectivity index (χ1) is 14.0. The molecule has 0 saturated heterocycles. The lowest BCUT2D eigenvalue weighted by molar-refractivity contribution is -0.121. The Morgan fingerprint density at radius 2 is 1.93 bits per heavy atom. The quantitative estimate of drug-likeness (QED) is 0.625. The van der Waals surface area contributed by atoms with Crippen LogP contribution < -0.4 is 15.2 Å². The van der Waals surface area contributed by atoms with Crippen LogP contribution in [0.1, 0.15) is 36.7 Å². The van der Waals surface area contributed by atoms with Gasteiger partial charge in [-0.3, -0.25) is 14.4 Å². The maximum Gasteiger partial charge on any atom is 0.265 e. The summed E-state index contributed by atoms with van der Waals surface area (Å²) in [7, 11) is 0. The number of fused-ring (bicyclic) bond motifs is 2. The Hall–Kier alpha value is -3.41. The Labute approximate surface area is 168 Å². The van der Waals surface area contributed by atoms with Crippen molar-refractivity contribution in [1.29, 1.82) is 0 Å². The molecule has 6 heteroatoms. The van der Waals surface area contributed by atoms with E-state index in [0.717, 1.165) is 11.8 Å². The molecule has 2 aromatic carbocycles. The number of nitrogens with zero attached hydrogens (tertiary/aromatic N) is 2. The second-order valence-electron chi connectivity index (χ2n) is 7.17. The number of carbonyl (C=O) groups excluding carboxylic acids is 2. The van der Waals surface area contributed by atoms with Gasteiger partial charge in [0.05, 0.1) is 11.7 Å². The molecule has 0 saturated carbocycles. The van der Waals surface area contributed by atoms with Gasteiger partial charge in [-0.1, -0.05) is 25.1 Å². The molecule has 1 amide bonds. The third-order valence-corrected chi connectivity index (χ3v) is 5.27. The molecular formula is C23H22N2O4. The summed E-state index contributed by atoms with van der Waals surface area (Å²) in [4.78, 5) is 39.9. The van der Waals surface area contributed by atoms with Gasteiger partial charge in [-0.25, -0.2) is 0 Å². The van der Waals surface area contributed by atoms with E-state index < -0.39 is 6.04 Å². The highest BCUT2D eigenvalue weighted by atomic mass is 16.5. The molecule has 1 aliphatic rings. The summed E-state index contributed by atoms with van der Waals surface area (Å²) in [6.07, 6.45) is 2.45. The lowest BCUT2D eigenvalue weighted by atomic mass is 10.0. The summed E-state index contributed by atoms with van der Waals surface area (Å²) in [6.45, 7) is 4.27. The van der Waals surface area contributed by atoms with Crippen LogP contribution in [0.25, 0.3) is 10.8 Å². The Kier molecular flexibility index (Phi) is 4.92. The number of Topliss-reactive ketones (excluding diaryl/α,β-unsaturated/α-hetero) is 1. The van der Waals surface area contributed by atoms with E-state index in [2.05, 4.69) is 0 Å². The van der Waals surface area contributed by atoms with Crippen LogP contribution in [0.3, 0.4) is 0 Å². The molecule has 29 heavy (non-hydrogen) atoms. The van der Waals surface area contributed by atoms with Crippen molar-refractivity contribution in [2.24, 2.45) is 0 Å². The van der Waals surface area contributed by atoms with Gasteiger partial charge in [0, 0.05) is 23.7 Å². The zero-order valence-corrected chi connectivity index (χ0v) is 16.4. The number of carbonyl (C=O) groups is 2. The van der Waals surface area contributed by atoms with Crippen LogP contribution in [-0.2, 0) is 4.79 Å². The SMILES string of the molecule is CCCN1C(=O)COc2ccc(C(=O)C(C)n3ccc4ccccc4c3=O)cc21. The van der Waals surface area contributed by atoms with Crippen molar-refractivity contribution in [3.05, 3.63) is 70.6 Å². The number of ketones is 1. The van der Waals surface area contributed by atoms with E-state index in [0.29, 0.717) is 28.9 Å². The summed E-state index contributed by atoms with van der Waals surface area (Å²) in [5.41, 5.74) is 0.843. The monoisotopic (exact) mass is 390 g/mol. The minimum absolute atomic E-state index is 0.00315. The fourth-order valence-corrected chi connectivity index (χ4v) is 3.70. The van der Waals surface area contributed by atoms with Crippen LogP contribution >= 0.6 is 0 Å². The van der Waals surface area contributed by atoms with Gasteiger partial charge in [0.1, 0.15) is 5.75 Å². The van der Waals surface area contributed by atoms with E-state index >= 15 is 0 Å². The number of ether oxygens (including phenoxy) is 1. The van der Waals surface area contributed by atoms with Gasteiger partial charge in [-0.2, -0.15) is 0 Å². The van der Waals surface area contributed by atoms with Crippen LogP contribution in [0.4, 0.5) is 5.69 Å². The van der Waals surface area contributed by atoms with Crippen molar-refractivity contribution in [1.82, 2.24) is 4.57 Å². The number of hydrogen-bond acceptors (Lipinski definition) is 4. The largest absolute Gasteiger partial charge is 0.482 e. The van der Waals surface area contributed by atoms with Gasteiger partial charge < -0.3 is 14.2 Å². The highest BCUT2D eigenvalue weighted by Gasteiger charge is 2.27. The molecule has 3 aromatic rings. The summed E-state index contributed by atoms with van der Waals surface area (Å²) >= 11 is 0. The summed E-state index contributed by atoms with van der Waals surface area (Å²) < 4.78 is 6.96. The first-order valence-electron chi connectivity index (χ1n) is 9.72. The number of aromatic nitrogens is 1. The Morgan fingerprint density at radius 1 is 1.14 bits per heavy atom. The van der Waals surface area contributed by atoms with Gasteiger partial charge in [0.2, 0.25) is 0 Å². The molecule has 1 unspecified atom stereocenters. The first-order valence-corrected chi connectivity index (χ1v) is 9.72. The third-order valence-electron chi connectivity index (χ3n) is 5.27. The molecule has 0 bridgehead atoms. The van der Waals surface area contributed by atoms with Crippen molar-refractivity contribution in [3.8, 4) is 5.75 Å². The number of hydrogen-bond donors (Lipinski definition) is 0. The molecule has 1 atom stereocenters. The van der Waals surface area contributed by atoms with E-state index in [1.165, 1.54) is 4.57 Å². The summed E-state index contributed by atoms with van der Waals surface area (Å²) in [5.74, 6) is 0.271. The number of amides is 1. The maximum atomic E-state index is 13.2. The molecule has 2 heterocycles. The molecule has 1 aliphatic heterocycles. The van der Waals surface area contributed by atoms with Crippen LogP contribution in [0.2, 0.25) is 0 Å². The second kappa shape index (κ2) is 7.54. The smallest absolute Gasteiger partial charge is 0.265 e. The van der Waals surface area contributed by atoms with Crippen molar-refractivity contribution in [2.75, 3.05) is 18.1 Å². The molecule has 4 rings (SSSR count). The minimum Gasteiger partial charge on any atom is -0.482 e. The van der Waals surface area contributed by atoms with E-state index in [1.54, 1.807) is 42.3 Å². The van der Waals surface area contributed by atoms with Gasteiger partial charge in [0.25, 0.3) is 11.5 Å². The lowest BCUT2D eigenvalue weighted by Gasteiger charge is -2.29. The maximum absolute atomic E-state index is 13.2. The zero-order valence-electron chi connectivity index (χ0n) is 16.4. The minimum atomic E-state index is -0.676. The molecule has 0 radical (unpaired) electrons. The zero-order chi connectivity index (χ0) is 20.5. The van der Waals surface area contributed by atoms with Crippen LogP contribution in [0.15, 0.2) is 59.5 Å². The van der Waals surface area contributed by atoms with Gasteiger partial charge in [-0.05, 0) is 49.1 Å². The fraction of sp³-hybridized carbons (Fsp3) is 0.261.